The van der Waals surface area contributed by atoms with E-state index in [1.807, 2.05) is 19.1 Å². The maximum atomic E-state index is 12.9. The molecule has 0 N–H and O–H groups in total. The molecule has 3 aromatic rings. The number of hydrogen-bond acceptors (Lipinski definition) is 7. The summed E-state index contributed by atoms with van der Waals surface area (Å²) in [5.74, 6) is -2.14. The minimum Gasteiger partial charge on any atom is -0.426 e. The molecule has 0 spiro atoms. The van der Waals surface area contributed by atoms with E-state index >= 15 is 0 Å². The molecule has 0 saturated carbocycles. The number of ether oxygens (including phenoxy) is 3. The van der Waals surface area contributed by atoms with Gasteiger partial charge >= 0.3 is 17.9 Å². The Balaban J connectivity index is 2.23. The Morgan fingerprint density at radius 3 is 1.74 bits per heavy atom. The van der Waals surface area contributed by atoms with Crippen LogP contribution in [0.25, 0.3) is 10.8 Å². The third-order valence-electron chi connectivity index (χ3n) is 4.34. The molecule has 0 saturated heterocycles. The third kappa shape index (κ3) is 4.95. The highest BCUT2D eigenvalue weighted by Crippen LogP contribution is 2.42. The molecule has 0 amide bonds. The predicted molar refractivity (Wildman–Crippen MR) is 112 cm³/mol. The molecule has 0 heterocycles. The van der Waals surface area contributed by atoms with E-state index in [1.54, 1.807) is 30.3 Å². The Morgan fingerprint density at radius 1 is 0.613 bits per heavy atom. The van der Waals surface area contributed by atoms with Crippen LogP contribution in [0.1, 0.15) is 42.3 Å². The van der Waals surface area contributed by atoms with Crippen LogP contribution in [0.5, 0.6) is 17.2 Å². The fourth-order valence-electron chi connectivity index (χ4n) is 3.07. The van der Waals surface area contributed by atoms with Crippen molar-refractivity contribution in [3.63, 3.8) is 0 Å². The van der Waals surface area contributed by atoms with Crippen LogP contribution >= 0.6 is 0 Å². The van der Waals surface area contributed by atoms with E-state index < -0.39 is 17.9 Å². The molecule has 7 nitrogen and oxygen atoms in total. The lowest BCUT2D eigenvalue weighted by molar-refractivity contribution is -0.134. The molecule has 158 valence electrons. The normalized spacial score (nSPS) is 10.5. The number of carbonyl (C=O) groups is 4. The summed E-state index contributed by atoms with van der Waals surface area (Å²) in [4.78, 5) is 47.8. The number of hydrogen-bond donors (Lipinski definition) is 0. The van der Waals surface area contributed by atoms with E-state index in [-0.39, 0.29) is 23.0 Å². The van der Waals surface area contributed by atoms with Crippen molar-refractivity contribution in [1.29, 1.82) is 0 Å². The Kier molecular flexibility index (Phi) is 6.15. The van der Waals surface area contributed by atoms with Gasteiger partial charge in [-0.2, -0.15) is 0 Å². The van der Waals surface area contributed by atoms with Crippen LogP contribution in [0, 0.1) is 6.92 Å². The number of ketones is 1. The SMILES string of the molecule is CC(=O)Oc1cc(OC(C)=O)c2cc(C(=O)c3ccc(C)cc3)ccc2c1OC(C)=O. The summed E-state index contributed by atoms with van der Waals surface area (Å²) in [7, 11) is 0. The second-order valence-electron chi connectivity index (χ2n) is 6.94. The predicted octanol–water partition coefficient (Wildman–Crippen LogP) is 4.16. The van der Waals surface area contributed by atoms with E-state index in [2.05, 4.69) is 0 Å². The quantitative estimate of drug-likeness (QED) is 0.347. The number of carbonyl (C=O) groups excluding carboxylic acids is 4. The molecular formula is C24H20O7. The molecule has 0 atom stereocenters. The summed E-state index contributed by atoms with van der Waals surface area (Å²) in [5.41, 5.74) is 1.87. The zero-order valence-corrected chi connectivity index (χ0v) is 17.5. The molecule has 3 rings (SSSR count). The van der Waals surface area contributed by atoms with Gasteiger partial charge < -0.3 is 14.2 Å². The van der Waals surface area contributed by atoms with Crippen molar-refractivity contribution >= 4 is 34.5 Å². The molecule has 0 aliphatic carbocycles. The molecule has 3 aromatic carbocycles. The fourth-order valence-corrected chi connectivity index (χ4v) is 3.07. The van der Waals surface area contributed by atoms with Gasteiger partial charge in [0.2, 0.25) is 0 Å². The highest BCUT2D eigenvalue weighted by atomic mass is 16.6. The first-order chi connectivity index (χ1) is 14.7. The third-order valence-corrected chi connectivity index (χ3v) is 4.34. The molecule has 0 fully saturated rings. The van der Waals surface area contributed by atoms with Gasteiger partial charge in [0.1, 0.15) is 5.75 Å². The smallest absolute Gasteiger partial charge is 0.308 e. The van der Waals surface area contributed by atoms with Crippen LogP contribution < -0.4 is 14.2 Å². The number of rotatable bonds is 5. The van der Waals surface area contributed by atoms with Crippen LogP contribution in [0.2, 0.25) is 0 Å². The Hall–Kier alpha value is -4.00. The Bertz CT molecular complexity index is 1210. The maximum Gasteiger partial charge on any atom is 0.308 e. The van der Waals surface area contributed by atoms with E-state index in [4.69, 9.17) is 14.2 Å². The first kappa shape index (κ1) is 21.7. The van der Waals surface area contributed by atoms with Crippen LogP contribution in [-0.2, 0) is 14.4 Å². The van der Waals surface area contributed by atoms with Gasteiger partial charge in [-0.25, -0.2) is 0 Å². The zero-order valence-electron chi connectivity index (χ0n) is 17.5. The van der Waals surface area contributed by atoms with Crippen molar-refractivity contribution in [2.75, 3.05) is 0 Å². The highest BCUT2D eigenvalue weighted by Gasteiger charge is 2.21. The monoisotopic (exact) mass is 420 g/mol. The minimum absolute atomic E-state index is 0.0112. The van der Waals surface area contributed by atoms with Crippen LogP contribution in [0.15, 0.2) is 48.5 Å². The maximum absolute atomic E-state index is 12.9. The topological polar surface area (TPSA) is 96.0 Å². The highest BCUT2D eigenvalue weighted by molar-refractivity contribution is 6.12. The van der Waals surface area contributed by atoms with Crippen LogP contribution in [0.3, 0.4) is 0 Å². The van der Waals surface area contributed by atoms with Gasteiger partial charge in [-0.15, -0.1) is 0 Å². The van der Waals surface area contributed by atoms with Gasteiger partial charge in [-0.3, -0.25) is 19.2 Å². The molecule has 0 aromatic heterocycles. The Morgan fingerprint density at radius 2 is 1.16 bits per heavy atom. The van der Waals surface area contributed by atoms with Crippen LogP contribution in [0.4, 0.5) is 0 Å². The molecule has 0 radical (unpaired) electrons. The second-order valence-corrected chi connectivity index (χ2v) is 6.94. The van der Waals surface area contributed by atoms with Crippen molar-refractivity contribution in [1.82, 2.24) is 0 Å². The average molecular weight is 420 g/mol. The second kappa shape index (κ2) is 8.79. The largest absolute Gasteiger partial charge is 0.426 e. The first-order valence-corrected chi connectivity index (χ1v) is 9.43. The molecular weight excluding hydrogens is 400 g/mol. The number of aryl methyl sites for hydroxylation is 1. The van der Waals surface area contributed by atoms with Crippen molar-refractivity contribution < 1.29 is 33.4 Å². The molecule has 0 aliphatic rings. The van der Waals surface area contributed by atoms with Gasteiger partial charge in [0, 0.05) is 48.7 Å². The van der Waals surface area contributed by atoms with Gasteiger partial charge in [0.25, 0.3) is 0 Å². The summed E-state index contributed by atoms with van der Waals surface area (Å²) in [6, 6.07) is 13.1. The summed E-state index contributed by atoms with van der Waals surface area (Å²) >= 11 is 0. The zero-order chi connectivity index (χ0) is 22.7. The van der Waals surface area contributed by atoms with Gasteiger partial charge in [0.15, 0.2) is 17.3 Å². The molecule has 0 unspecified atom stereocenters. The number of esters is 3. The minimum atomic E-state index is -0.646. The lowest BCUT2D eigenvalue weighted by Crippen LogP contribution is -2.10. The van der Waals surface area contributed by atoms with Crippen molar-refractivity contribution in [3.05, 3.63) is 65.2 Å². The van der Waals surface area contributed by atoms with Gasteiger partial charge in [-0.05, 0) is 19.1 Å². The van der Waals surface area contributed by atoms with Crippen molar-refractivity contribution in [3.8, 4) is 17.2 Å². The van der Waals surface area contributed by atoms with Gasteiger partial charge in [0.05, 0.1) is 0 Å². The van der Waals surface area contributed by atoms with Crippen molar-refractivity contribution in [2.45, 2.75) is 27.7 Å². The van der Waals surface area contributed by atoms with E-state index in [1.165, 1.54) is 26.8 Å². The lowest BCUT2D eigenvalue weighted by atomic mass is 9.98. The first-order valence-electron chi connectivity index (χ1n) is 9.43. The van der Waals surface area contributed by atoms with E-state index in [0.717, 1.165) is 5.56 Å². The van der Waals surface area contributed by atoms with Crippen LogP contribution in [-0.4, -0.2) is 23.7 Å². The van der Waals surface area contributed by atoms with Crippen molar-refractivity contribution in [2.24, 2.45) is 0 Å². The number of fused-ring (bicyclic) bond motifs is 1. The fraction of sp³-hybridized carbons (Fsp3) is 0.167. The lowest BCUT2D eigenvalue weighted by Gasteiger charge is -2.15. The Labute approximate surface area is 178 Å². The molecule has 0 aliphatic heterocycles. The molecule has 0 bridgehead atoms. The molecule has 7 heteroatoms. The summed E-state index contributed by atoms with van der Waals surface area (Å²) in [6.07, 6.45) is 0. The summed E-state index contributed by atoms with van der Waals surface area (Å²) < 4.78 is 15.7. The number of benzene rings is 3. The molecule has 31 heavy (non-hydrogen) atoms. The summed E-state index contributed by atoms with van der Waals surface area (Å²) in [5, 5.41) is 0.686. The standard InChI is InChI=1S/C24H20O7/c1-13-5-7-17(8-6-13)23(28)18-9-10-19-20(11-18)21(29-14(2)25)12-22(30-15(3)26)24(19)31-16(4)27/h5-12H,1-4H3. The average Bonchev–Trinajstić information content (AvgIpc) is 2.69. The van der Waals surface area contributed by atoms with E-state index in [0.29, 0.717) is 21.9 Å². The van der Waals surface area contributed by atoms with E-state index in [9.17, 15) is 19.2 Å². The van der Waals surface area contributed by atoms with Gasteiger partial charge in [-0.1, -0.05) is 35.9 Å². The summed E-state index contributed by atoms with van der Waals surface area (Å²) in [6.45, 7) is 5.54.